The molecule has 0 aliphatic rings. The van der Waals surface area contributed by atoms with Gasteiger partial charge < -0.3 is 0 Å². The van der Waals surface area contributed by atoms with Gasteiger partial charge in [0.15, 0.2) is 11.6 Å². The standard InChI is InChI=1S/C14H10Br2F2/c15-11-4-2-10(3-5-11)12(16)7-9-1-6-13(17)14(18)8-9/h1-6,8,12H,7H2. The van der Waals surface area contributed by atoms with Crippen molar-refractivity contribution in [2.24, 2.45) is 0 Å². The maximum absolute atomic E-state index is 13.1. The normalized spacial score (nSPS) is 12.4. The highest BCUT2D eigenvalue weighted by Gasteiger charge is 2.10. The minimum Gasteiger partial charge on any atom is -0.204 e. The van der Waals surface area contributed by atoms with Crippen molar-refractivity contribution in [1.29, 1.82) is 0 Å². The van der Waals surface area contributed by atoms with E-state index >= 15 is 0 Å². The second-order valence-electron chi connectivity index (χ2n) is 3.97. The van der Waals surface area contributed by atoms with Crippen LogP contribution in [0, 0.1) is 11.6 Å². The summed E-state index contributed by atoms with van der Waals surface area (Å²) in [5.41, 5.74) is 1.86. The van der Waals surface area contributed by atoms with E-state index in [9.17, 15) is 8.78 Å². The second-order valence-corrected chi connectivity index (χ2v) is 5.99. The van der Waals surface area contributed by atoms with Crippen molar-refractivity contribution >= 4 is 31.9 Å². The van der Waals surface area contributed by atoms with Crippen molar-refractivity contribution in [3.63, 3.8) is 0 Å². The van der Waals surface area contributed by atoms with Crippen molar-refractivity contribution in [1.82, 2.24) is 0 Å². The van der Waals surface area contributed by atoms with Crippen LogP contribution in [0.15, 0.2) is 46.9 Å². The zero-order valence-electron chi connectivity index (χ0n) is 9.34. The molecule has 18 heavy (non-hydrogen) atoms. The summed E-state index contributed by atoms with van der Waals surface area (Å²) in [6.07, 6.45) is 0.610. The van der Waals surface area contributed by atoms with E-state index in [2.05, 4.69) is 31.9 Å². The molecule has 94 valence electrons. The molecule has 0 spiro atoms. The van der Waals surface area contributed by atoms with Crippen molar-refractivity contribution < 1.29 is 8.78 Å². The Kier molecular flexibility index (Phi) is 4.51. The SMILES string of the molecule is Fc1ccc(CC(Br)c2ccc(Br)cc2)cc1F. The first-order valence-corrected chi connectivity index (χ1v) is 7.10. The van der Waals surface area contributed by atoms with Gasteiger partial charge in [-0.15, -0.1) is 0 Å². The maximum atomic E-state index is 13.1. The lowest BCUT2D eigenvalue weighted by atomic mass is 10.0. The molecule has 1 unspecified atom stereocenters. The first-order valence-electron chi connectivity index (χ1n) is 5.40. The average molecular weight is 376 g/mol. The average Bonchev–Trinajstić information content (AvgIpc) is 2.34. The van der Waals surface area contributed by atoms with Crippen LogP contribution in [0.2, 0.25) is 0 Å². The number of hydrogen-bond donors (Lipinski definition) is 0. The molecule has 0 aromatic heterocycles. The number of hydrogen-bond acceptors (Lipinski definition) is 0. The monoisotopic (exact) mass is 374 g/mol. The molecule has 0 nitrogen and oxygen atoms in total. The number of benzene rings is 2. The summed E-state index contributed by atoms with van der Waals surface area (Å²) in [6, 6.07) is 11.9. The molecule has 2 rings (SSSR count). The van der Waals surface area contributed by atoms with Crippen LogP contribution in [0.25, 0.3) is 0 Å². The zero-order valence-corrected chi connectivity index (χ0v) is 12.5. The van der Waals surface area contributed by atoms with Gasteiger partial charge in [0.1, 0.15) is 0 Å². The molecule has 0 saturated carbocycles. The van der Waals surface area contributed by atoms with Crippen LogP contribution in [0.5, 0.6) is 0 Å². The van der Waals surface area contributed by atoms with Crippen LogP contribution in [0.4, 0.5) is 8.78 Å². The zero-order chi connectivity index (χ0) is 13.1. The first kappa shape index (κ1) is 13.7. The Bertz CT molecular complexity index is 538. The molecule has 0 N–H and O–H groups in total. The minimum absolute atomic E-state index is 0.0791. The molecule has 4 heteroatoms. The molecule has 0 radical (unpaired) electrons. The van der Waals surface area contributed by atoms with Crippen LogP contribution in [0.1, 0.15) is 16.0 Å². The highest BCUT2D eigenvalue weighted by Crippen LogP contribution is 2.28. The summed E-state index contributed by atoms with van der Waals surface area (Å²) >= 11 is 6.93. The molecule has 0 saturated heterocycles. The molecule has 0 fully saturated rings. The van der Waals surface area contributed by atoms with Crippen molar-refractivity contribution in [3.05, 3.63) is 69.7 Å². The van der Waals surface area contributed by atoms with Crippen molar-refractivity contribution in [2.75, 3.05) is 0 Å². The largest absolute Gasteiger partial charge is 0.204 e. The summed E-state index contributed by atoms with van der Waals surface area (Å²) < 4.78 is 26.9. The van der Waals surface area contributed by atoms with Gasteiger partial charge in [-0.1, -0.05) is 50.1 Å². The summed E-state index contributed by atoms with van der Waals surface area (Å²) in [5.74, 6) is -1.61. The van der Waals surface area contributed by atoms with Crippen LogP contribution >= 0.6 is 31.9 Å². The summed E-state index contributed by atoms with van der Waals surface area (Å²) in [4.78, 5) is 0.0791. The number of rotatable bonds is 3. The molecule has 2 aromatic carbocycles. The predicted octanol–water partition coefficient (Wildman–Crippen LogP) is 5.41. The Hall–Kier alpha value is -0.740. The van der Waals surface area contributed by atoms with E-state index in [0.29, 0.717) is 6.42 Å². The van der Waals surface area contributed by atoms with Crippen LogP contribution in [0.3, 0.4) is 0 Å². The fraction of sp³-hybridized carbons (Fsp3) is 0.143. The lowest BCUT2D eigenvalue weighted by Gasteiger charge is -2.10. The molecule has 0 aliphatic carbocycles. The van der Waals surface area contributed by atoms with Gasteiger partial charge in [-0.05, 0) is 41.8 Å². The third-order valence-corrected chi connectivity index (χ3v) is 4.01. The fourth-order valence-electron chi connectivity index (χ4n) is 1.66. The van der Waals surface area contributed by atoms with Gasteiger partial charge in [0.05, 0.1) is 0 Å². The second kappa shape index (κ2) is 5.93. The molecule has 0 aliphatic heterocycles. The number of alkyl halides is 1. The quantitative estimate of drug-likeness (QED) is 0.629. The molecule has 1 atom stereocenters. The summed E-state index contributed by atoms with van der Waals surface area (Å²) in [7, 11) is 0. The van der Waals surface area contributed by atoms with E-state index in [0.717, 1.165) is 21.7 Å². The topological polar surface area (TPSA) is 0 Å². The molecular weight excluding hydrogens is 366 g/mol. The van der Waals surface area contributed by atoms with Crippen LogP contribution in [-0.2, 0) is 6.42 Å². The van der Waals surface area contributed by atoms with Gasteiger partial charge in [0.2, 0.25) is 0 Å². The van der Waals surface area contributed by atoms with Crippen LogP contribution in [-0.4, -0.2) is 0 Å². The summed E-state index contributed by atoms with van der Waals surface area (Å²) in [5, 5.41) is 0. The third kappa shape index (κ3) is 3.39. The predicted molar refractivity (Wildman–Crippen MR) is 75.9 cm³/mol. The molecule has 0 amide bonds. The molecule has 2 aromatic rings. The van der Waals surface area contributed by atoms with Gasteiger partial charge >= 0.3 is 0 Å². The minimum atomic E-state index is -0.812. The highest BCUT2D eigenvalue weighted by molar-refractivity contribution is 9.10. The first-order chi connectivity index (χ1) is 8.56. The lowest BCUT2D eigenvalue weighted by molar-refractivity contribution is 0.507. The smallest absolute Gasteiger partial charge is 0.159 e. The molecule has 0 bridgehead atoms. The maximum Gasteiger partial charge on any atom is 0.159 e. The van der Waals surface area contributed by atoms with E-state index < -0.39 is 11.6 Å². The van der Waals surface area contributed by atoms with E-state index in [4.69, 9.17) is 0 Å². The Morgan fingerprint density at radius 2 is 1.61 bits per heavy atom. The van der Waals surface area contributed by atoms with Crippen LogP contribution < -0.4 is 0 Å². The van der Waals surface area contributed by atoms with Gasteiger partial charge in [-0.3, -0.25) is 0 Å². The Morgan fingerprint density at radius 1 is 0.944 bits per heavy atom. The van der Waals surface area contributed by atoms with E-state index in [-0.39, 0.29) is 4.83 Å². The van der Waals surface area contributed by atoms with Gasteiger partial charge in [0.25, 0.3) is 0 Å². The van der Waals surface area contributed by atoms with E-state index in [1.807, 2.05) is 24.3 Å². The van der Waals surface area contributed by atoms with Gasteiger partial charge in [-0.2, -0.15) is 0 Å². The molecule has 0 heterocycles. The Labute approximate surface area is 121 Å². The van der Waals surface area contributed by atoms with E-state index in [1.54, 1.807) is 6.07 Å². The Morgan fingerprint density at radius 3 is 2.22 bits per heavy atom. The van der Waals surface area contributed by atoms with Crippen molar-refractivity contribution in [3.8, 4) is 0 Å². The van der Waals surface area contributed by atoms with E-state index in [1.165, 1.54) is 6.07 Å². The Balaban J connectivity index is 2.13. The summed E-state index contributed by atoms with van der Waals surface area (Å²) in [6.45, 7) is 0. The van der Waals surface area contributed by atoms with Crippen molar-refractivity contribution in [2.45, 2.75) is 11.2 Å². The number of halogens is 4. The highest BCUT2D eigenvalue weighted by atomic mass is 79.9. The third-order valence-electron chi connectivity index (χ3n) is 2.63. The van der Waals surface area contributed by atoms with Gasteiger partial charge in [-0.25, -0.2) is 8.78 Å². The fourth-order valence-corrected chi connectivity index (χ4v) is 2.61. The molecular formula is C14H10Br2F2. The van der Waals surface area contributed by atoms with Gasteiger partial charge in [0, 0.05) is 9.30 Å². The lowest BCUT2D eigenvalue weighted by Crippen LogP contribution is -1.97.